The van der Waals surface area contributed by atoms with Crippen LogP contribution in [0.3, 0.4) is 0 Å². The molecule has 7 nitrogen and oxygen atoms in total. The highest BCUT2D eigenvalue weighted by Gasteiger charge is 2.33. The van der Waals surface area contributed by atoms with Gasteiger partial charge in [0, 0.05) is 58.7 Å². The predicted octanol–water partition coefficient (Wildman–Crippen LogP) is 6.51. The number of oxime groups is 1. The van der Waals surface area contributed by atoms with Crippen LogP contribution < -0.4 is 4.74 Å². The Bertz CT molecular complexity index is 1330. The number of aldehydes is 1. The molecule has 0 N–H and O–H groups in total. The molecule has 1 unspecified atom stereocenters. The number of likely N-dealkylation sites (tertiary alicyclic amines) is 1. The highest BCUT2D eigenvalue weighted by molar-refractivity contribution is 7.10. The van der Waals surface area contributed by atoms with Crippen LogP contribution in [-0.4, -0.2) is 46.2 Å². The number of pyridine rings is 1. The van der Waals surface area contributed by atoms with Crippen molar-refractivity contribution in [1.29, 1.82) is 0 Å². The second-order valence-corrected chi connectivity index (χ2v) is 10.6. The fraction of sp³-hybridized carbons (Fsp3) is 0.360. The molecule has 0 spiro atoms. The molecular weight excluding hydrogens is 564 g/mol. The minimum absolute atomic E-state index is 0.167. The van der Waals surface area contributed by atoms with E-state index >= 15 is 0 Å². The molecular formula is C25H21Cl2F3N4O3S. The summed E-state index contributed by atoms with van der Waals surface area (Å²) in [7, 11) is 0. The van der Waals surface area contributed by atoms with Gasteiger partial charge in [-0.2, -0.15) is 13.2 Å². The third-order valence-corrected chi connectivity index (χ3v) is 8.13. The third-order valence-electron chi connectivity index (χ3n) is 6.47. The fourth-order valence-corrected chi connectivity index (χ4v) is 6.11. The summed E-state index contributed by atoms with van der Waals surface area (Å²) in [6.07, 6.45) is -2.45. The molecule has 0 amide bonds. The Morgan fingerprint density at radius 2 is 1.92 bits per heavy atom. The lowest BCUT2D eigenvalue weighted by Gasteiger charge is -2.34. The number of hydrogen-bond acceptors (Lipinski definition) is 8. The van der Waals surface area contributed by atoms with E-state index in [0.717, 1.165) is 29.0 Å². The third kappa shape index (κ3) is 5.80. The number of halogens is 5. The van der Waals surface area contributed by atoms with Crippen molar-refractivity contribution in [2.45, 2.75) is 43.7 Å². The second kappa shape index (κ2) is 11.2. The number of alkyl halides is 3. The molecule has 0 aliphatic carbocycles. The number of carbonyl (C=O) groups is 1. The van der Waals surface area contributed by atoms with Crippen LogP contribution in [0.5, 0.6) is 5.88 Å². The van der Waals surface area contributed by atoms with Crippen LogP contribution in [0.4, 0.5) is 13.2 Å². The molecule has 38 heavy (non-hydrogen) atoms. The Balaban J connectivity index is 1.18. The molecule has 0 bridgehead atoms. The van der Waals surface area contributed by atoms with Crippen LogP contribution in [-0.2, 0) is 15.8 Å². The van der Waals surface area contributed by atoms with Gasteiger partial charge in [-0.15, -0.1) is 11.3 Å². The number of nitrogens with zero attached hydrogens (tertiary/aromatic N) is 4. The second-order valence-electron chi connectivity index (χ2n) is 8.88. The molecule has 2 aliphatic heterocycles. The van der Waals surface area contributed by atoms with E-state index in [0.29, 0.717) is 60.0 Å². The molecule has 0 saturated carbocycles. The standard InChI is InChI=1S/C25H21Cl2F3N4O3S/c26-16-2-1-3-17(27)23(16)20-11-18(33-37-20)19-13-38-24(32-19)14-5-8-34(9-6-14)22(12-35)36-21-10-15(4-7-31-21)25(28,29)30/h1-4,7,10,12-14,20,22H,5-6,8-9,11H2/t20-,22?/m1/s1. The number of hydrogen-bond donors (Lipinski definition) is 0. The first-order valence-electron chi connectivity index (χ1n) is 11.7. The monoisotopic (exact) mass is 584 g/mol. The predicted molar refractivity (Wildman–Crippen MR) is 137 cm³/mol. The van der Waals surface area contributed by atoms with Gasteiger partial charge < -0.3 is 9.57 Å². The van der Waals surface area contributed by atoms with Crippen LogP contribution in [0, 0.1) is 0 Å². The molecule has 4 heterocycles. The summed E-state index contributed by atoms with van der Waals surface area (Å²) in [5, 5.41) is 8.15. The lowest BCUT2D eigenvalue weighted by atomic mass is 9.97. The number of ether oxygens (including phenoxy) is 1. The Morgan fingerprint density at radius 3 is 2.61 bits per heavy atom. The number of piperidine rings is 1. The Hall–Kier alpha value is -2.73. The average molecular weight is 585 g/mol. The molecule has 2 aliphatic rings. The number of carbonyl (C=O) groups excluding carboxylic acids is 1. The zero-order valence-corrected chi connectivity index (χ0v) is 22.0. The topological polar surface area (TPSA) is 76.9 Å². The van der Waals surface area contributed by atoms with E-state index in [1.165, 1.54) is 11.3 Å². The quantitative estimate of drug-likeness (QED) is 0.294. The van der Waals surface area contributed by atoms with E-state index < -0.39 is 18.0 Å². The van der Waals surface area contributed by atoms with Crippen molar-refractivity contribution >= 4 is 46.5 Å². The zero-order valence-electron chi connectivity index (χ0n) is 19.7. The van der Waals surface area contributed by atoms with Crippen molar-refractivity contribution in [3.05, 3.63) is 73.8 Å². The summed E-state index contributed by atoms with van der Waals surface area (Å²) in [6, 6.07) is 6.93. The summed E-state index contributed by atoms with van der Waals surface area (Å²) in [5.74, 6) is -0.0831. The number of thiazole rings is 1. The lowest BCUT2D eigenvalue weighted by molar-refractivity contribution is -0.137. The van der Waals surface area contributed by atoms with Gasteiger partial charge in [0.05, 0.1) is 16.3 Å². The normalized spacial score (nSPS) is 19.6. The highest BCUT2D eigenvalue weighted by atomic mass is 35.5. The van der Waals surface area contributed by atoms with Crippen LogP contribution >= 0.6 is 34.5 Å². The van der Waals surface area contributed by atoms with Crippen molar-refractivity contribution in [2.24, 2.45) is 5.16 Å². The Kier molecular flexibility index (Phi) is 7.90. The Morgan fingerprint density at radius 1 is 1.18 bits per heavy atom. The summed E-state index contributed by atoms with van der Waals surface area (Å²) in [6.45, 7) is 1.03. The van der Waals surface area contributed by atoms with Crippen LogP contribution in [0.15, 0.2) is 47.1 Å². The van der Waals surface area contributed by atoms with Gasteiger partial charge in [0.25, 0.3) is 0 Å². The van der Waals surface area contributed by atoms with Crippen molar-refractivity contribution in [3.63, 3.8) is 0 Å². The first-order chi connectivity index (χ1) is 18.2. The summed E-state index contributed by atoms with van der Waals surface area (Å²) in [4.78, 5) is 27.7. The van der Waals surface area contributed by atoms with E-state index in [1.807, 2.05) is 5.38 Å². The zero-order chi connectivity index (χ0) is 26.9. The molecule has 5 rings (SSSR count). The number of benzene rings is 1. The van der Waals surface area contributed by atoms with Gasteiger partial charge in [-0.05, 0) is 31.0 Å². The van der Waals surface area contributed by atoms with E-state index in [-0.39, 0.29) is 17.9 Å². The smallest absolute Gasteiger partial charge is 0.416 e. The van der Waals surface area contributed by atoms with E-state index in [9.17, 15) is 18.0 Å². The number of aromatic nitrogens is 2. The van der Waals surface area contributed by atoms with Crippen molar-refractivity contribution < 1.29 is 27.5 Å². The molecule has 1 saturated heterocycles. The van der Waals surface area contributed by atoms with Gasteiger partial charge in [-0.1, -0.05) is 34.4 Å². The highest BCUT2D eigenvalue weighted by Crippen LogP contribution is 2.39. The maximum Gasteiger partial charge on any atom is 0.416 e. The van der Waals surface area contributed by atoms with Gasteiger partial charge >= 0.3 is 6.18 Å². The maximum atomic E-state index is 13.0. The minimum Gasteiger partial charge on any atom is -0.451 e. The molecule has 3 aromatic rings. The number of rotatable bonds is 7. The van der Waals surface area contributed by atoms with E-state index in [2.05, 4.69) is 10.1 Å². The molecule has 1 fully saturated rings. The molecule has 0 radical (unpaired) electrons. The maximum absolute atomic E-state index is 13.0. The summed E-state index contributed by atoms with van der Waals surface area (Å²) < 4.78 is 44.4. The van der Waals surface area contributed by atoms with Crippen molar-refractivity contribution in [3.8, 4) is 5.88 Å². The van der Waals surface area contributed by atoms with Gasteiger partial charge in [0.1, 0.15) is 5.71 Å². The SMILES string of the molecule is O=CC(Oc1cc(C(F)(F)F)ccn1)N1CCC(c2nc(C3=NO[C@@H](c4c(Cl)cccc4Cl)C3)cs2)CC1. The Labute approximate surface area is 230 Å². The van der Waals surface area contributed by atoms with Gasteiger partial charge in [-0.25, -0.2) is 9.97 Å². The fourth-order valence-electron chi connectivity index (χ4n) is 4.47. The molecule has 2 aromatic heterocycles. The van der Waals surface area contributed by atoms with E-state index in [4.69, 9.17) is 37.8 Å². The molecule has 200 valence electrons. The van der Waals surface area contributed by atoms with Gasteiger partial charge in [0.2, 0.25) is 12.1 Å². The molecule has 1 aromatic carbocycles. The van der Waals surface area contributed by atoms with Crippen molar-refractivity contribution in [2.75, 3.05) is 13.1 Å². The lowest BCUT2D eigenvalue weighted by Crippen LogP contribution is -2.45. The first-order valence-corrected chi connectivity index (χ1v) is 13.4. The molecule has 2 atom stereocenters. The summed E-state index contributed by atoms with van der Waals surface area (Å²) >= 11 is 14.2. The first kappa shape index (κ1) is 26.9. The van der Waals surface area contributed by atoms with Gasteiger partial charge in [0.15, 0.2) is 12.4 Å². The van der Waals surface area contributed by atoms with Crippen molar-refractivity contribution in [1.82, 2.24) is 14.9 Å². The van der Waals surface area contributed by atoms with Crippen LogP contribution in [0.1, 0.15) is 53.1 Å². The molecule has 13 heteroatoms. The largest absolute Gasteiger partial charge is 0.451 e. The minimum atomic E-state index is -4.53. The van der Waals surface area contributed by atoms with E-state index in [1.54, 1.807) is 23.1 Å². The van der Waals surface area contributed by atoms with Crippen LogP contribution in [0.25, 0.3) is 0 Å². The van der Waals surface area contributed by atoms with Crippen LogP contribution in [0.2, 0.25) is 10.0 Å². The average Bonchev–Trinajstić information content (AvgIpc) is 3.57. The summed E-state index contributed by atoms with van der Waals surface area (Å²) in [5.41, 5.74) is 1.27. The van der Waals surface area contributed by atoms with Gasteiger partial charge in [-0.3, -0.25) is 9.69 Å².